The average Bonchev–Trinajstić information content (AvgIpc) is 2.94. The smallest absolute Gasteiger partial charge is 0.228 e. The lowest BCUT2D eigenvalue weighted by Crippen LogP contribution is -2.38. The Morgan fingerprint density at radius 3 is 2.86 bits per heavy atom. The highest BCUT2D eigenvalue weighted by molar-refractivity contribution is 5.92. The summed E-state index contributed by atoms with van der Waals surface area (Å²) in [6.07, 6.45) is 5.65. The Balaban J connectivity index is 1.45. The van der Waals surface area contributed by atoms with Crippen LogP contribution in [-0.4, -0.2) is 52.0 Å². The van der Waals surface area contributed by atoms with Gasteiger partial charge in [-0.2, -0.15) is 0 Å². The van der Waals surface area contributed by atoms with Crippen molar-refractivity contribution in [1.29, 1.82) is 0 Å². The van der Waals surface area contributed by atoms with Crippen LogP contribution in [0.15, 0.2) is 60.9 Å². The van der Waals surface area contributed by atoms with E-state index in [0.717, 1.165) is 59.1 Å². The molecule has 1 aliphatic rings. The number of benzene rings is 2. The molecule has 0 aliphatic carbocycles. The van der Waals surface area contributed by atoms with Crippen LogP contribution in [0.1, 0.15) is 30.4 Å². The molecule has 0 amide bonds. The van der Waals surface area contributed by atoms with Crippen molar-refractivity contribution in [3.05, 3.63) is 72.1 Å². The monoisotopic (exact) mass is 501 g/mol. The largest absolute Gasteiger partial charge is 0.437 e. The van der Waals surface area contributed by atoms with Gasteiger partial charge in [-0.3, -0.25) is 0 Å². The van der Waals surface area contributed by atoms with Gasteiger partial charge in [-0.05, 0) is 73.9 Å². The number of aromatic nitrogens is 3. The van der Waals surface area contributed by atoms with Gasteiger partial charge in [0.25, 0.3) is 0 Å². The number of pyridine rings is 1. The number of piperidine rings is 1. The van der Waals surface area contributed by atoms with E-state index in [1.807, 2.05) is 49.4 Å². The highest BCUT2D eigenvalue weighted by Crippen LogP contribution is 2.37. The second kappa shape index (κ2) is 11.6. The average molecular weight is 502 g/mol. The molecule has 1 fully saturated rings. The molecule has 3 heterocycles. The van der Waals surface area contributed by atoms with Gasteiger partial charge < -0.3 is 20.5 Å². The number of rotatable bonds is 9. The molecule has 2 aromatic heterocycles. The van der Waals surface area contributed by atoms with E-state index in [-0.39, 0.29) is 0 Å². The number of alkyl halides is 1. The number of nitrogens with zero attached hydrogens (tertiary/aromatic N) is 3. The molecule has 37 heavy (non-hydrogen) atoms. The lowest BCUT2D eigenvalue weighted by molar-refractivity contribution is 0.131. The number of anilines is 1. The normalized spacial score (nSPS) is 16.5. The molecule has 2 aromatic carbocycles. The quantitative estimate of drug-likeness (QED) is 0.290. The van der Waals surface area contributed by atoms with E-state index in [0.29, 0.717) is 36.5 Å². The van der Waals surface area contributed by atoms with Gasteiger partial charge in [-0.1, -0.05) is 30.3 Å². The van der Waals surface area contributed by atoms with Crippen molar-refractivity contribution in [2.75, 3.05) is 25.1 Å². The zero-order valence-electron chi connectivity index (χ0n) is 21.0. The topological polar surface area (TPSA) is 92.2 Å². The van der Waals surface area contributed by atoms with Crippen LogP contribution >= 0.6 is 0 Å². The van der Waals surface area contributed by atoms with E-state index in [1.54, 1.807) is 12.4 Å². The van der Waals surface area contributed by atoms with E-state index < -0.39 is 12.8 Å². The van der Waals surface area contributed by atoms with Crippen LogP contribution in [0.3, 0.4) is 0 Å². The van der Waals surface area contributed by atoms with E-state index in [1.165, 1.54) is 0 Å². The fourth-order valence-electron chi connectivity index (χ4n) is 4.76. The first-order valence-corrected chi connectivity index (χ1v) is 12.8. The van der Waals surface area contributed by atoms with Crippen molar-refractivity contribution in [1.82, 2.24) is 20.3 Å². The van der Waals surface area contributed by atoms with Crippen LogP contribution in [0.25, 0.3) is 22.0 Å². The number of hydrogen-bond donors (Lipinski definition) is 3. The molecule has 7 nitrogen and oxygen atoms in total. The maximum atomic E-state index is 12.8. The molecular weight excluding hydrogens is 469 g/mol. The molecule has 0 saturated carbocycles. The molecule has 3 N–H and O–H groups in total. The second-order valence-electron chi connectivity index (χ2n) is 9.48. The highest BCUT2D eigenvalue weighted by atomic mass is 19.1. The van der Waals surface area contributed by atoms with E-state index in [4.69, 9.17) is 9.72 Å². The molecule has 0 radical (unpaired) electrons. The van der Waals surface area contributed by atoms with Crippen LogP contribution in [0, 0.1) is 6.92 Å². The standard InChI is InChI=1S/C29H32FN5O2/c1-19-9-12-23-20(10-11-22(36)17-30)5-2-7-24(23)27(19)37-28-25(8-4-15-32-28)26-13-16-33-29(35-26)34-21-6-3-14-31-18-21/h2,4-5,7-9,12-13,15-16,21-22,31,36H,3,6,10-11,14,17-18H2,1H3,(H,33,34,35)/t21-,22-/m0/s1. The summed E-state index contributed by atoms with van der Waals surface area (Å²) in [5.74, 6) is 1.76. The number of ether oxygens (including phenoxy) is 1. The summed E-state index contributed by atoms with van der Waals surface area (Å²) in [6.45, 7) is 3.20. The summed E-state index contributed by atoms with van der Waals surface area (Å²) in [5.41, 5.74) is 3.51. The Bertz CT molecular complexity index is 1360. The number of aliphatic hydroxyl groups excluding tert-OH is 1. The fraction of sp³-hybridized carbons (Fsp3) is 0.345. The molecule has 0 bridgehead atoms. The first kappa shape index (κ1) is 25.0. The summed E-state index contributed by atoms with van der Waals surface area (Å²) in [6, 6.07) is 16.0. The minimum Gasteiger partial charge on any atom is -0.437 e. The van der Waals surface area contributed by atoms with Crippen molar-refractivity contribution in [2.24, 2.45) is 0 Å². The Morgan fingerprint density at radius 2 is 2.03 bits per heavy atom. The third-order valence-electron chi connectivity index (χ3n) is 6.76. The molecule has 1 aliphatic heterocycles. The fourth-order valence-corrected chi connectivity index (χ4v) is 4.76. The third-order valence-corrected chi connectivity index (χ3v) is 6.76. The van der Waals surface area contributed by atoms with Crippen molar-refractivity contribution < 1.29 is 14.2 Å². The van der Waals surface area contributed by atoms with Gasteiger partial charge in [-0.25, -0.2) is 19.3 Å². The van der Waals surface area contributed by atoms with Crippen molar-refractivity contribution in [3.8, 4) is 22.9 Å². The van der Waals surface area contributed by atoms with Gasteiger partial charge in [0.1, 0.15) is 12.4 Å². The number of aryl methyl sites for hydroxylation is 2. The molecule has 5 rings (SSSR count). The molecule has 192 valence electrons. The molecule has 1 saturated heterocycles. The van der Waals surface area contributed by atoms with E-state index >= 15 is 0 Å². The Hall–Kier alpha value is -3.62. The van der Waals surface area contributed by atoms with E-state index in [2.05, 4.69) is 26.7 Å². The first-order chi connectivity index (χ1) is 18.1. The maximum absolute atomic E-state index is 12.8. The highest BCUT2D eigenvalue weighted by Gasteiger charge is 2.17. The predicted molar refractivity (Wildman–Crippen MR) is 144 cm³/mol. The Morgan fingerprint density at radius 1 is 1.11 bits per heavy atom. The van der Waals surface area contributed by atoms with Gasteiger partial charge in [0, 0.05) is 30.4 Å². The summed E-state index contributed by atoms with van der Waals surface area (Å²) in [5, 5.41) is 18.5. The van der Waals surface area contributed by atoms with Crippen LogP contribution in [-0.2, 0) is 6.42 Å². The van der Waals surface area contributed by atoms with E-state index in [9.17, 15) is 9.50 Å². The van der Waals surface area contributed by atoms with Crippen molar-refractivity contribution in [2.45, 2.75) is 44.8 Å². The van der Waals surface area contributed by atoms with Gasteiger partial charge >= 0.3 is 0 Å². The van der Waals surface area contributed by atoms with Gasteiger partial charge in [-0.15, -0.1) is 0 Å². The molecule has 0 spiro atoms. The SMILES string of the molecule is Cc1ccc2c(CC[C@H](O)CF)cccc2c1Oc1ncccc1-c1ccnc(N[C@H]2CCCNC2)n1. The minimum atomic E-state index is -0.950. The maximum Gasteiger partial charge on any atom is 0.228 e. The van der Waals surface area contributed by atoms with Crippen LogP contribution in [0.4, 0.5) is 10.3 Å². The van der Waals surface area contributed by atoms with Gasteiger partial charge in [0.05, 0.1) is 17.4 Å². The van der Waals surface area contributed by atoms with Crippen LogP contribution < -0.4 is 15.4 Å². The van der Waals surface area contributed by atoms with Gasteiger partial charge in [0.2, 0.25) is 11.8 Å². The summed E-state index contributed by atoms with van der Waals surface area (Å²) in [4.78, 5) is 13.7. The zero-order chi connectivity index (χ0) is 25.6. The number of halogens is 1. The molecular formula is C29H32FN5O2. The number of fused-ring (bicyclic) bond motifs is 1. The lowest BCUT2D eigenvalue weighted by Gasteiger charge is -2.23. The van der Waals surface area contributed by atoms with Crippen LogP contribution in [0.2, 0.25) is 0 Å². The lowest BCUT2D eigenvalue weighted by atomic mass is 9.97. The summed E-state index contributed by atoms with van der Waals surface area (Å²) < 4.78 is 19.3. The minimum absolute atomic E-state index is 0.298. The summed E-state index contributed by atoms with van der Waals surface area (Å²) in [7, 11) is 0. The number of nitrogens with one attached hydrogen (secondary N) is 2. The third kappa shape index (κ3) is 5.87. The molecule has 2 atom stereocenters. The summed E-state index contributed by atoms with van der Waals surface area (Å²) >= 11 is 0. The Kier molecular flexibility index (Phi) is 7.87. The Labute approximate surface area is 216 Å². The zero-order valence-corrected chi connectivity index (χ0v) is 21.0. The number of aliphatic hydroxyl groups is 1. The van der Waals surface area contributed by atoms with Crippen molar-refractivity contribution in [3.63, 3.8) is 0 Å². The molecule has 4 aromatic rings. The predicted octanol–water partition coefficient (Wildman–Crippen LogP) is 5.22. The second-order valence-corrected chi connectivity index (χ2v) is 9.48. The number of hydrogen-bond acceptors (Lipinski definition) is 7. The van der Waals surface area contributed by atoms with Crippen molar-refractivity contribution >= 4 is 16.7 Å². The van der Waals surface area contributed by atoms with Gasteiger partial charge in [0.15, 0.2) is 0 Å². The molecule has 0 unspecified atom stereocenters. The van der Waals surface area contributed by atoms with Crippen LogP contribution in [0.5, 0.6) is 11.6 Å². The molecule has 8 heteroatoms. The first-order valence-electron chi connectivity index (χ1n) is 12.8.